The lowest BCUT2D eigenvalue weighted by Gasteiger charge is -2.30. The van der Waals surface area contributed by atoms with Gasteiger partial charge in [-0.15, -0.1) is 0 Å². The van der Waals surface area contributed by atoms with Crippen LogP contribution < -0.4 is 4.72 Å². The lowest BCUT2D eigenvalue weighted by atomic mass is 9.97. The highest BCUT2D eigenvalue weighted by atomic mass is 32.2. The van der Waals surface area contributed by atoms with Crippen molar-refractivity contribution in [2.75, 3.05) is 26.7 Å². The number of carbonyl (C=O) groups is 1. The van der Waals surface area contributed by atoms with Gasteiger partial charge in [0, 0.05) is 19.6 Å². The van der Waals surface area contributed by atoms with Crippen LogP contribution in [0.15, 0.2) is 23.1 Å². The van der Waals surface area contributed by atoms with Gasteiger partial charge in [-0.25, -0.2) is 22.3 Å². The minimum atomic E-state index is -3.66. The third-order valence-electron chi connectivity index (χ3n) is 4.05. The molecule has 0 unspecified atom stereocenters. The van der Waals surface area contributed by atoms with Crippen LogP contribution in [0, 0.1) is 18.7 Å². The molecule has 23 heavy (non-hydrogen) atoms. The molecule has 1 aliphatic heterocycles. The van der Waals surface area contributed by atoms with Crippen LogP contribution in [0.1, 0.15) is 18.4 Å². The van der Waals surface area contributed by atoms with Crippen molar-refractivity contribution in [1.82, 2.24) is 9.62 Å². The molecule has 0 bridgehead atoms. The van der Waals surface area contributed by atoms with E-state index in [1.807, 2.05) is 0 Å². The maximum atomic E-state index is 13.2. The first-order valence-corrected chi connectivity index (χ1v) is 8.90. The topological polar surface area (TPSA) is 75.7 Å². The van der Waals surface area contributed by atoms with Gasteiger partial charge in [0.15, 0.2) is 0 Å². The number of likely N-dealkylation sites (tertiary alicyclic amines) is 1. The van der Waals surface area contributed by atoms with E-state index in [0.717, 1.165) is 6.07 Å². The fourth-order valence-corrected chi connectivity index (χ4v) is 3.74. The smallest absolute Gasteiger partial charge is 0.409 e. The van der Waals surface area contributed by atoms with Crippen molar-refractivity contribution in [2.45, 2.75) is 24.7 Å². The molecule has 1 aliphatic rings. The standard InChI is InChI=1S/C15H21FN2O4S/c1-11-9-13(3-4-14(11)16)23(20,21)17-10-12-5-7-18(8-6-12)15(19)22-2/h3-4,9,12,17H,5-8,10H2,1-2H3. The Bertz CT molecular complexity index is 670. The largest absolute Gasteiger partial charge is 0.453 e. The number of ether oxygens (including phenoxy) is 1. The molecule has 1 aromatic rings. The van der Waals surface area contributed by atoms with Crippen LogP contribution in [-0.2, 0) is 14.8 Å². The van der Waals surface area contributed by atoms with Crippen LogP contribution in [0.25, 0.3) is 0 Å². The van der Waals surface area contributed by atoms with Gasteiger partial charge in [-0.2, -0.15) is 0 Å². The highest BCUT2D eigenvalue weighted by Gasteiger charge is 2.24. The zero-order chi connectivity index (χ0) is 17.0. The normalized spacial score (nSPS) is 16.4. The number of sulfonamides is 1. The van der Waals surface area contributed by atoms with Gasteiger partial charge in [0.2, 0.25) is 10.0 Å². The Morgan fingerprint density at radius 1 is 1.39 bits per heavy atom. The number of carbonyl (C=O) groups excluding carboxylic acids is 1. The molecule has 0 aromatic heterocycles. The number of nitrogens with zero attached hydrogens (tertiary/aromatic N) is 1. The predicted octanol–water partition coefficient (Wildman–Crippen LogP) is 1.89. The Balaban J connectivity index is 1.90. The van der Waals surface area contributed by atoms with Gasteiger partial charge in [0.25, 0.3) is 0 Å². The third kappa shape index (κ3) is 4.42. The fourth-order valence-electron chi connectivity index (χ4n) is 2.54. The minimum absolute atomic E-state index is 0.0587. The van der Waals surface area contributed by atoms with E-state index in [4.69, 9.17) is 0 Å². The average Bonchev–Trinajstić information content (AvgIpc) is 2.55. The van der Waals surface area contributed by atoms with Crippen molar-refractivity contribution in [3.05, 3.63) is 29.6 Å². The van der Waals surface area contributed by atoms with E-state index >= 15 is 0 Å². The molecule has 0 radical (unpaired) electrons. The molecule has 0 atom stereocenters. The van der Waals surface area contributed by atoms with Gasteiger partial charge < -0.3 is 9.64 Å². The molecular formula is C15H21FN2O4S. The quantitative estimate of drug-likeness (QED) is 0.905. The number of rotatable bonds is 4. The summed E-state index contributed by atoms with van der Waals surface area (Å²) in [6.07, 6.45) is 1.06. The van der Waals surface area contributed by atoms with Crippen LogP contribution in [0.3, 0.4) is 0 Å². The van der Waals surface area contributed by atoms with E-state index in [1.165, 1.54) is 26.2 Å². The van der Waals surface area contributed by atoms with Crippen molar-refractivity contribution in [3.63, 3.8) is 0 Å². The highest BCUT2D eigenvalue weighted by Crippen LogP contribution is 2.19. The third-order valence-corrected chi connectivity index (χ3v) is 5.47. The maximum Gasteiger partial charge on any atom is 0.409 e. The number of methoxy groups -OCH3 is 1. The number of hydrogen-bond donors (Lipinski definition) is 1. The van der Waals surface area contributed by atoms with Crippen molar-refractivity contribution in [2.24, 2.45) is 5.92 Å². The van der Waals surface area contributed by atoms with Gasteiger partial charge in [0.05, 0.1) is 12.0 Å². The molecular weight excluding hydrogens is 323 g/mol. The van der Waals surface area contributed by atoms with Crippen LogP contribution in [-0.4, -0.2) is 46.2 Å². The van der Waals surface area contributed by atoms with Gasteiger partial charge in [-0.1, -0.05) is 0 Å². The van der Waals surface area contributed by atoms with E-state index in [2.05, 4.69) is 9.46 Å². The predicted molar refractivity (Wildman–Crippen MR) is 83.0 cm³/mol. The highest BCUT2D eigenvalue weighted by molar-refractivity contribution is 7.89. The lowest BCUT2D eigenvalue weighted by Crippen LogP contribution is -2.41. The van der Waals surface area contributed by atoms with Crippen LogP contribution in [0.5, 0.6) is 0 Å². The van der Waals surface area contributed by atoms with Crippen molar-refractivity contribution >= 4 is 16.1 Å². The monoisotopic (exact) mass is 344 g/mol. The van der Waals surface area contributed by atoms with E-state index in [-0.39, 0.29) is 16.9 Å². The number of piperidine rings is 1. The van der Waals surface area contributed by atoms with Crippen LogP contribution >= 0.6 is 0 Å². The second kappa shape index (κ2) is 7.27. The number of halogens is 1. The van der Waals surface area contributed by atoms with Crippen molar-refractivity contribution in [1.29, 1.82) is 0 Å². The fraction of sp³-hybridized carbons (Fsp3) is 0.533. The van der Waals surface area contributed by atoms with Crippen LogP contribution in [0.2, 0.25) is 0 Å². The molecule has 6 nitrogen and oxygen atoms in total. The Labute approximate surface area is 135 Å². The lowest BCUT2D eigenvalue weighted by molar-refractivity contribution is 0.106. The molecule has 0 saturated carbocycles. The summed E-state index contributed by atoms with van der Waals surface area (Å²) in [5.74, 6) is -0.272. The summed E-state index contributed by atoms with van der Waals surface area (Å²) >= 11 is 0. The number of nitrogens with one attached hydrogen (secondary N) is 1. The van der Waals surface area contributed by atoms with E-state index in [9.17, 15) is 17.6 Å². The molecule has 1 aromatic carbocycles. The van der Waals surface area contributed by atoms with Gasteiger partial charge in [-0.3, -0.25) is 0 Å². The Morgan fingerprint density at radius 3 is 2.61 bits per heavy atom. The molecule has 1 heterocycles. The molecule has 1 amide bonds. The van der Waals surface area contributed by atoms with Gasteiger partial charge >= 0.3 is 6.09 Å². The first kappa shape index (κ1) is 17.7. The van der Waals surface area contributed by atoms with Gasteiger partial charge in [0.1, 0.15) is 5.82 Å². The second-order valence-corrected chi connectivity index (χ2v) is 7.43. The summed E-state index contributed by atoms with van der Waals surface area (Å²) in [7, 11) is -2.31. The van der Waals surface area contributed by atoms with Crippen molar-refractivity contribution in [3.8, 4) is 0 Å². The molecule has 1 saturated heterocycles. The maximum absolute atomic E-state index is 13.2. The number of benzene rings is 1. The first-order chi connectivity index (χ1) is 10.8. The zero-order valence-electron chi connectivity index (χ0n) is 13.2. The summed E-state index contributed by atoms with van der Waals surface area (Å²) in [6, 6.07) is 3.72. The summed E-state index contributed by atoms with van der Waals surface area (Å²) in [4.78, 5) is 13.1. The second-order valence-electron chi connectivity index (χ2n) is 5.66. The molecule has 128 valence electrons. The van der Waals surface area contributed by atoms with Crippen LogP contribution in [0.4, 0.5) is 9.18 Å². The average molecular weight is 344 g/mol. The number of hydrogen-bond acceptors (Lipinski definition) is 4. The summed E-state index contributed by atoms with van der Waals surface area (Å²) in [6.45, 7) is 2.92. The summed E-state index contributed by atoms with van der Waals surface area (Å²) in [5, 5.41) is 0. The summed E-state index contributed by atoms with van der Waals surface area (Å²) < 4.78 is 44.9. The molecule has 1 fully saturated rings. The van der Waals surface area contributed by atoms with E-state index in [1.54, 1.807) is 4.90 Å². The van der Waals surface area contributed by atoms with E-state index in [0.29, 0.717) is 38.0 Å². The molecule has 8 heteroatoms. The molecule has 1 N–H and O–H groups in total. The SMILES string of the molecule is COC(=O)N1CCC(CNS(=O)(=O)c2ccc(F)c(C)c2)CC1. The number of amides is 1. The summed E-state index contributed by atoms with van der Waals surface area (Å²) in [5.41, 5.74) is 0.291. The number of aryl methyl sites for hydroxylation is 1. The van der Waals surface area contributed by atoms with E-state index < -0.39 is 15.8 Å². The molecule has 2 rings (SSSR count). The Morgan fingerprint density at radius 2 is 2.04 bits per heavy atom. The Kier molecular flexibility index (Phi) is 5.59. The van der Waals surface area contributed by atoms with Gasteiger partial charge in [-0.05, 0) is 49.4 Å². The molecule has 0 spiro atoms. The Hall–Kier alpha value is -1.67. The minimum Gasteiger partial charge on any atom is -0.453 e. The zero-order valence-corrected chi connectivity index (χ0v) is 14.0. The molecule has 0 aliphatic carbocycles. The van der Waals surface area contributed by atoms with Crippen molar-refractivity contribution < 1.29 is 22.3 Å². The first-order valence-electron chi connectivity index (χ1n) is 7.42.